The second kappa shape index (κ2) is 19.7. The van der Waals surface area contributed by atoms with Crippen molar-refractivity contribution in [1.82, 2.24) is 11.0 Å². The van der Waals surface area contributed by atoms with Crippen molar-refractivity contribution in [3.05, 3.63) is 0 Å². The van der Waals surface area contributed by atoms with Gasteiger partial charge in [0.1, 0.15) is 0 Å². The van der Waals surface area contributed by atoms with E-state index in [4.69, 9.17) is 10.6 Å². The Morgan fingerprint density at radius 2 is 1.87 bits per heavy atom. The highest BCUT2D eigenvalue weighted by Crippen LogP contribution is 1.78. The van der Waals surface area contributed by atoms with Gasteiger partial charge in [-0.3, -0.25) is 9.68 Å². The molecule has 4 N–H and O–H groups in total. The van der Waals surface area contributed by atoms with E-state index in [2.05, 4.69) is 28.4 Å². The lowest BCUT2D eigenvalue weighted by atomic mass is 10.4. The summed E-state index contributed by atoms with van der Waals surface area (Å²) in [4.78, 5) is 9.33. The Labute approximate surface area is 98.4 Å². The first-order chi connectivity index (χ1) is 7.33. The molecule has 0 atom stereocenters. The molecule has 0 rings (SSSR count). The largest absolute Gasteiger partial charge is 0.330 e. The van der Waals surface area contributed by atoms with E-state index in [-0.39, 0.29) is 0 Å². The van der Waals surface area contributed by atoms with Crippen molar-refractivity contribution >= 4 is 12.6 Å². The molecule has 0 aromatic heterocycles. The third-order valence-corrected chi connectivity index (χ3v) is 1.30. The Kier molecular flexibility index (Phi) is 23.0. The first-order valence-electron chi connectivity index (χ1n) is 5.24. The molecule has 0 aliphatic heterocycles. The molecule has 0 aromatic carbocycles. The molecule has 94 valence electrons. The fraction of sp³-hybridized carbons (Fsp3) is 1.00. The number of hydrogen-bond donors (Lipinski definition) is 4. The maximum absolute atomic E-state index is 5.32. The van der Waals surface area contributed by atoms with Crippen molar-refractivity contribution in [2.24, 2.45) is 5.73 Å². The number of rotatable bonds is 9. The molecular weight excluding hydrogens is 214 g/mol. The van der Waals surface area contributed by atoms with Crippen LogP contribution in [0.3, 0.4) is 0 Å². The molecule has 0 amide bonds. The van der Waals surface area contributed by atoms with E-state index in [1.165, 1.54) is 7.11 Å². The summed E-state index contributed by atoms with van der Waals surface area (Å²) in [7, 11) is 1.51. The summed E-state index contributed by atoms with van der Waals surface area (Å²) in [6, 6.07) is 0. The Bertz CT molecular complexity index is 89.4. The van der Waals surface area contributed by atoms with Crippen LogP contribution in [-0.2, 0) is 9.68 Å². The van der Waals surface area contributed by atoms with Gasteiger partial charge in [-0.2, -0.15) is 12.6 Å². The fourth-order valence-corrected chi connectivity index (χ4v) is 0.722. The van der Waals surface area contributed by atoms with Gasteiger partial charge >= 0.3 is 0 Å². The van der Waals surface area contributed by atoms with Crippen molar-refractivity contribution in [3.63, 3.8) is 0 Å². The van der Waals surface area contributed by atoms with Crippen molar-refractivity contribution in [2.45, 2.75) is 19.8 Å². The molecule has 0 spiro atoms. The molecule has 0 saturated heterocycles. The zero-order chi connectivity index (χ0) is 11.8. The summed E-state index contributed by atoms with van der Waals surface area (Å²) < 4.78 is 0. The van der Waals surface area contributed by atoms with E-state index < -0.39 is 0 Å². The Morgan fingerprint density at radius 1 is 1.27 bits per heavy atom. The minimum Gasteiger partial charge on any atom is -0.330 e. The van der Waals surface area contributed by atoms with Gasteiger partial charge in [0.25, 0.3) is 0 Å². The van der Waals surface area contributed by atoms with Crippen LogP contribution in [-0.4, -0.2) is 39.1 Å². The second-order valence-electron chi connectivity index (χ2n) is 2.70. The second-order valence-corrected chi connectivity index (χ2v) is 3.33. The molecule has 0 unspecified atom stereocenters. The maximum Gasteiger partial charge on any atom is 0.0721 e. The zero-order valence-electron chi connectivity index (χ0n) is 9.79. The summed E-state index contributed by atoms with van der Waals surface area (Å²) in [5.41, 5.74) is 7.62. The van der Waals surface area contributed by atoms with Gasteiger partial charge in [0.05, 0.1) is 13.7 Å². The van der Waals surface area contributed by atoms with Gasteiger partial charge in [-0.15, -0.1) is 0 Å². The van der Waals surface area contributed by atoms with Gasteiger partial charge in [-0.1, -0.05) is 12.6 Å². The number of nitrogens with one attached hydrogen (secondary N) is 2. The SMILES string of the molecule is CCS.CONOCCCNCCCN. The highest BCUT2D eigenvalue weighted by atomic mass is 32.1. The average Bonchev–Trinajstić information content (AvgIpc) is 2.23. The van der Waals surface area contributed by atoms with Crippen molar-refractivity contribution < 1.29 is 9.68 Å². The van der Waals surface area contributed by atoms with Crippen molar-refractivity contribution in [1.29, 1.82) is 0 Å². The first kappa shape index (κ1) is 17.5. The van der Waals surface area contributed by atoms with Crippen LogP contribution in [0.5, 0.6) is 0 Å². The van der Waals surface area contributed by atoms with Crippen LogP contribution in [0.1, 0.15) is 19.8 Å². The summed E-state index contributed by atoms with van der Waals surface area (Å²) in [5, 5.41) is 3.23. The van der Waals surface area contributed by atoms with Crippen molar-refractivity contribution in [3.8, 4) is 0 Å². The Morgan fingerprint density at radius 3 is 2.40 bits per heavy atom. The monoisotopic (exact) mass is 239 g/mol. The summed E-state index contributed by atoms with van der Waals surface area (Å²) in [5.74, 6) is 0.944. The zero-order valence-corrected chi connectivity index (χ0v) is 10.7. The lowest BCUT2D eigenvalue weighted by molar-refractivity contribution is -0.151. The summed E-state index contributed by atoms with van der Waals surface area (Å²) in [6.45, 7) is 5.31. The predicted octanol–water partition coefficient (Wildman–Crippen LogP) is 0.334. The van der Waals surface area contributed by atoms with Gasteiger partial charge in [0.15, 0.2) is 0 Å². The lowest BCUT2D eigenvalue weighted by Crippen LogP contribution is -2.22. The van der Waals surface area contributed by atoms with Gasteiger partial charge in [-0.05, 0) is 38.2 Å². The van der Waals surface area contributed by atoms with E-state index >= 15 is 0 Å². The molecule has 6 heteroatoms. The van der Waals surface area contributed by atoms with Crippen LogP contribution in [0.25, 0.3) is 0 Å². The predicted molar refractivity (Wildman–Crippen MR) is 66.8 cm³/mol. The smallest absolute Gasteiger partial charge is 0.0721 e. The molecule has 0 saturated carbocycles. The highest BCUT2D eigenvalue weighted by molar-refractivity contribution is 7.80. The fourth-order valence-electron chi connectivity index (χ4n) is 0.722. The van der Waals surface area contributed by atoms with Gasteiger partial charge in [0, 0.05) is 0 Å². The quantitative estimate of drug-likeness (QED) is 0.265. The molecule has 0 radical (unpaired) electrons. The average molecular weight is 239 g/mol. The van der Waals surface area contributed by atoms with Crippen LogP contribution >= 0.6 is 12.6 Å². The van der Waals surface area contributed by atoms with E-state index in [1.807, 2.05) is 6.92 Å². The van der Waals surface area contributed by atoms with E-state index in [1.54, 1.807) is 0 Å². The highest BCUT2D eigenvalue weighted by Gasteiger charge is 1.88. The van der Waals surface area contributed by atoms with E-state index in [0.717, 1.165) is 38.2 Å². The van der Waals surface area contributed by atoms with E-state index in [9.17, 15) is 0 Å². The maximum atomic E-state index is 5.32. The first-order valence-corrected chi connectivity index (χ1v) is 5.88. The minimum absolute atomic E-state index is 0.642. The third kappa shape index (κ3) is 24.9. The molecule has 15 heavy (non-hydrogen) atoms. The molecule has 0 fully saturated rings. The molecule has 0 bridgehead atoms. The van der Waals surface area contributed by atoms with Gasteiger partial charge in [0.2, 0.25) is 0 Å². The van der Waals surface area contributed by atoms with Crippen LogP contribution in [0.2, 0.25) is 0 Å². The number of nitrogens with two attached hydrogens (primary N) is 1. The summed E-state index contributed by atoms with van der Waals surface area (Å²) in [6.07, 6.45) is 1.98. The third-order valence-electron chi connectivity index (χ3n) is 1.30. The summed E-state index contributed by atoms with van der Waals surface area (Å²) >= 11 is 3.79. The molecule has 0 aliphatic rings. The Balaban J connectivity index is 0. The normalized spacial score (nSPS) is 9.60. The van der Waals surface area contributed by atoms with Gasteiger partial charge in [-0.25, -0.2) is 0 Å². The van der Waals surface area contributed by atoms with Crippen LogP contribution in [0, 0.1) is 0 Å². The minimum atomic E-state index is 0.642. The van der Waals surface area contributed by atoms with Crippen LogP contribution < -0.4 is 16.7 Å². The molecule has 0 aromatic rings. The molecular formula is C9H25N3O2S. The topological polar surface area (TPSA) is 68.5 Å². The van der Waals surface area contributed by atoms with Crippen molar-refractivity contribution in [2.75, 3.05) is 39.1 Å². The molecule has 0 heterocycles. The lowest BCUT2D eigenvalue weighted by Gasteiger charge is -2.04. The number of thiol groups is 1. The number of hydrogen-bond acceptors (Lipinski definition) is 6. The van der Waals surface area contributed by atoms with Gasteiger partial charge < -0.3 is 11.1 Å². The Hall–Kier alpha value is 0.150. The van der Waals surface area contributed by atoms with E-state index in [0.29, 0.717) is 6.61 Å². The van der Waals surface area contributed by atoms with Crippen LogP contribution in [0.4, 0.5) is 0 Å². The standard InChI is InChI=1S/C7H19N3O2.C2H6S/c1-11-10-12-7-3-6-9-5-2-4-8;1-2-3/h9-10H,2-8H2,1H3;3H,2H2,1H3. The molecule has 5 nitrogen and oxygen atoms in total. The molecule has 0 aliphatic carbocycles. The van der Waals surface area contributed by atoms with Crippen LogP contribution in [0.15, 0.2) is 0 Å².